The first-order valence-corrected chi connectivity index (χ1v) is 12.1. The number of piperidine rings is 1. The van der Waals surface area contributed by atoms with Crippen LogP contribution in [0.2, 0.25) is 0 Å². The maximum Gasteiger partial charge on any atom is 0.0771 e. The van der Waals surface area contributed by atoms with E-state index in [4.69, 9.17) is 14.2 Å². The molecule has 0 radical (unpaired) electrons. The van der Waals surface area contributed by atoms with Crippen LogP contribution < -0.4 is 0 Å². The first-order chi connectivity index (χ1) is 14.4. The first-order valence-electron chi connectivity index (χ1n) is 12.1. The number of hydrogen-bond donors (Lipinski definition) is 2. The van der Waals surface area contributed by atoms with Crippen molar-refractivity contribution in [2.45, 2.75) is 69.0 Å². The third-order valence-electron chi connectivity index (χ3n) is 11.2. The van der Waals surface area contributed by atoms with Gasteiger partial charge in [0.05, 0.1) is 30.5 Å². The minimum absolute atomic E-state index is 0.000283. The van der Waals surface area contributed by atoms with Crippen LogP contribution >= 0.6 is 0 Å². The molecule has 0 aromatic rings. The molecule has 6 nitrogen and oxygen atoms in total. The highest BCUT2D eigenvalue weighted by Crippen LogP contribution is 2.79. The fraction of sp³-hybridized carbons (Fsp3) is 1.00. The van der Waals surface area contributed by atoms with Gasteiger partial charge in [0.2, 0.25) is 0 Å². The van der Waals surface area contributed by atoms with Gasteiger partial charge in [0.25, 0.3) is 0 Å². The van der Waals surface area contributed by atoms with E-state index in [1.54, 1.807) is 7.11 Å². The Morgan fingerprint density at radius 3 is 2.57 bits per heavy atom. The van der Waals surface area contributed by atoms with Gasteiger partial charge in [-0.2, -0.15) is 0 Å². The molecule has 1 spiro atoms. The lowest BCUT2D eigenvalue weighted by Crippen LogP contribution is -2.76. The van der Waals surface area contributed by atoms with Crippen molar-refractivity contribution >= 4 is 0 Å². The highest BCUT2D eigenvalue weighted by molar-refractivity contribution is 5.33. The maximum atomic E-state index is 12.4. The predicted molar refractivity (Wildman–Crippen MR) is 111 cm³/mol. The van der Waals surface area contributed by atoms with Gasteiger partial charge in [-0.3, -0.25) is 4.90 Å². The van der Waals surface area contributed by atoms with Gasteiger partial charge in [0.15, 0.2) is 0 Å². The first kappa shape index (κ1) is 20.4. The second-order valence-electron chi connectivity index (χ2n) is 11.5. The summed E-state index contributed by atoms with van der Waals surface area (Å²) in [6, 6.07) is 0.329. The van der Waals surface area contributed by atoms with Crippen molar-refractivity contribution in [3.8, 4) is 0 Å². The van der Waals surface area contributed by atoms with Crippen LogP contribution in [0.1, 0.15) is 39.0 Å². The van der Waals surface area contributed by atoms with Crippen LogP contribution in [0.4, 0.5) is 0 Å². The van der Waals surface area contributed by atoms with Crippen LogP contribution in [0.3, 0.4) is 0 Å². The Kier molecular flexibility index (Phi) is 4.36. The monoisotopic (exact) mass is 421 g/mol. The van der Waals surface area contributed by atoms with E-state index in [1.165, 1.54) is 0 Å². The fourth-order valence-electron chi connectivity index (χ4n) is 10.7. The maximum absolute atomic E-state index is 12.4. The van der Waals surface area contributed by atoms with Crippen molar-refractivity contribution in [1.82, 2.24) is 4.90 Å². The largest absolute Gasteiger partial charge is 0.392 e. The van der Waals surface area contributed by atoms with Gasteiger partial charge >= 0.3 is 0 Å². The zero-order valence-corrected chi connectivity index (χ0v) is 18.9. The molecule has 6 fully saturated rings. The summed E-state index contributed by atoms with van der Waals surface area (Å²) in [5.41, 5.74) is -0.719. The summed E-state index contributed by atoms with van der Waals surface area (Å²) in [6.07, 6.45) is 4.52. The summed E-state index contributed by atoms with van der Waals surface area (Å²) < 4.78 is 18.0. The normalized spacial score (nSPS) is 60.8. The molecule has 1 aliphatic heterocycles. The Bertz CT molecular complexity index is 720. The number of methoxy groups -OCH3 is 3. The van der Waals surface area contributed by atoms with E-state index in [1.807, 2.05) is 14.2 Å². The van der Waals surface area contributed by atoms with Crippen LogP contribution in [-0.4, -0.2) is 86.1 Å². The average Bonchev–Trinajstić information content (AvgIpc) is 3.15. The zero-order valence-electron chi connectivity index (χ0n) is 18.9. The van der Waals surface area contributed by atoms with Crippen LogP contribution in [0.5, 0.6) is 0 Å². The van der Waals surface area contributed by atoms with Crippen molar-refractivity contribution in [2.75, 3.05) is 41.0 Å². The Labute approximate surface area is 180 Å². The van der Waals surface area contributed by atoms with Gasteiger partial charge in [0, 0.05) is 68.9 Å². The van der Waals surface area contributed by atoms with Crippen molar-refractivity contribution in [1.29, 1.82) is 0 Å². The number of likely N-dealkylation sites (tertiary alicyclic amines) is 1. The molecule has 0 aromatic carbocycles. The molecule has 5 saturated carbocycles. The molecule has 7 bridgehead atoms. The lowest BCUT2D eigenvalue weighted by atomic mass is 9.43. The van der Waals surface area contributed by atoms with Gasteiger partial charge in [0.1, 0.15) is 0 Å². The minimum Gasteiger partial charge on any atom is -0.392 e. The molecule has 0 aromatic heterocycles. The average molecular weight is 422 g/mol. The van der Waals surface area contributed by atoms with Crippen LogP contribution in [0.15, 0.2) is 0 Å². The molecule has 9 unspecified atom stereocenters. The van der Waals surface area contributed by atoms with Crippen molar-refractivity contribution in [2.24, 2.45) is 40.4 Å². The van der Waals surface area contributed by atoms with Crippen LogP contribution in [-0.2, 0) is 14.2 Å². The van der Waals surface area contributed by atoms with Crippen molar-refractivity contribution < 1.29 is 24.4 Å². The molecule has 12 atom stereocenters. The molecule has 6 heteroatoms. The van der Waals surface area contributed by atoms with E-state index in [-0.39, 0.29) is 46.7 Å². The van der Waals surface area contributed by atoms with E-state index in [0.29, 0.717) is 18.4 Å². The third-order valence-corrected chi connectivity index (χ3v) is 11.2. The number of aliphatic hydroxyl groups is 2. The van der Waals surface area contributed by atoms with E-state index in [0.717, 1.165) is 45.4 Å². The number of hydrogen-bond acceptors (Lipinski definition) is 6. The van der Waals surface area contributed by atoms with Crippen LogP contribution in [0, 0.1) is 40.4 Å². The molecular formula is C24H39NO5. The summed E-state index contributed by atoms with van der Waals surface area (Å²) in [5.74, 6) is 1.03. The molecule has 170 valence electrons. The SMILES string of the molecule is CCN1CC2(COC)CCC(OC)C34C1C(CC23)C1(O)CC(OC)[C@@H]2C[C@@H]4C1[C@H]2O. The molecule has 1 saturated heterocycles. The minimum atomic E-state index is -0.847. The summed E-state index contributed by atoms with van der Waals surface area (Å²) in [7, 11) is 5.48. The lowest BCUT2D eigenvalue weighted by Gasteiger charge is -2.69. The summed E-state index contributed by atoms with van der Waals surface area (Å²) in [5, 5.41) is 23.8. The van der Waals surface area contributed by atoms with Gasteiger partial charge < -0.3 is 24.4 Å². The second-order valence-corrected chi connectivity index (χ2v) is 11.5. The Balaban J connectivity index is 1.58. The third kappa shape index (κ3) is 2.00. The summed E-state index contributed by atoms with van der Waals surface area (Å²) in [6.45, 7) is 5.11. The Morgan fingerprint density at radius 2 is 1.90 bits per heavy atom. The smallest absolute Gasteiger partial charge is 0.0771 e. The fourth-order valence-corrected chi connectivity index (χ4v) is 10.7. The van der Waals surface area contributed by atoms with Crippen LogP contribution in [0.25, 0.3) is 0 Å². The molecule has 0 amide bonds. The molecular weight excluding hydrogens is 382 g/mol. The van der Waals surface area contributed by atoms with Gasteiger partial charge in [-0.25, -0.2) is 0 Å². The Hall–Kier alpha value is -0.240. The zero-order chi connectivity index (χ0) is 21.1. The molecule has 1 heterocycles. The molecule has 6 rings (SSSR count). The standard InChI is InChI=1S/C24H39NO5/c1-5-25-11-22(12-28-2)7-6-18(30-4)24-14-8-13-16(29-3)10-23(27,19(14)20(13)26)15(21(24)25)9-17(22)24/h13-21,26-27H,5-12H2,1-4H3/t13-,14+,15?,16?,17?,18?,19?,20-,21?,22?,23?,24?/m0/s1. The number of fused-ring (bicyclic) bond motifs is 2. The topological polar surface area (TPSA) is 71.4 Å². The highest BCUT2D eigenvalue weighted by atomic mass is 16.5. The quantitative estimate of drug-likeness (QED) is 0.702. The molecule has 6 aliphatic rings. The molecule has 2 N–H and O–H groups in total. The Morgan fingerprint density at radius 1 is 1.10 bits per heavy atom. The van der Waals surface area contributed by atoms with Gasteiger partial charge in [-0.15, -0.1) is 0 Å². The van der Waals surface area contributed by atoms with E-state index in [9.17, 15) is 10.2 Å². The highest BCUT2D eigenvalue weighted by Gasteiger charge is 2.83. The number of ether oxygens (including phenoxy) is 3. The number of nitrogens with zero attached hydrogens (tertiary/aromatic N) is 1. The molecule has 30 heavy (non-hydrogen) atoms. The lowest BCUT2D eigenvalue weighted by molar-refractivity contribution is -0.276. The van der Waals surface area contributed by atoms with E-state index < -0.39 is 11.7 Å². The van der Waals surface area contributed by atoms with Crippen molar-refractivity contribution in [3.63, 3.8) is 0 Å². The summed E-state index contributed by atoms with van der Waals surface area (Å²) in [4.78, 5) is 2.67. The number of aliphatic hydroxyl groups excluding tert-OH is 1. The number of rotatable bonds is 5. The predicted octanol–water partition coefficient (Wildman–Crippen LogP) is 1.53. The molecule has 5 aliphatic carbocycles. The van der Waals surface area contributed by atoms with Gasteiger partial charge in [-0.05, 0) is 44.1 Å². The summed E-state index contributed by atoms with van der Waals surface area (Å²) >= 11 is 0. The second kappa shape index (κ2) is 6.42. The van der Waals surface area contributed by atoms with E-state index >= 15 is 0 Å². The van der Waals surface area contributed by atoms with Gasteiger partial charge in [-0.1, -0.05) is 6.92 Å². The van der Waals surface area contributed by atoms with Crippen molar-refractivity contribution in [3.05, 3.63) is 0 Å². The van der Waals surface area contributed by atoms with E-state index in [2.05, 4.69) is 11.8 Å².